The second-order valence-electron chi connectivity index (χ2n) is 6.94. The molecule has 142 valence electrons. The molecule has 7 nitrogen and oxygen atoms in total. The largest absolute Gasteiger partial charge is 0.475 e. The van der Waals surface area contributed by atoms with E-state index in [1.165, 1.54) is 10.5 Å². The Labute approximate surface area is 158 Å². The van der Waals surface area contributed by atoms with Crippen LogP contribution in [0.1, 0.15) is 11.1 Å². The number of carbonyl (C=O) groups is 1. The fourth-order valence-corrected chi connectivity index (χ4v) is 3.56. The van der Waals surface area contributed by atoms with Crippen LogP contribution in [0.4, 0.5) is 10.6 Å². The summed E-state index contributed by atoms with van der Waals surface area (Å²) >= 11 is 0. The van der Waals surface area contributed by atoms with E-state index >= 15 is 0 Å². The van der Waals surface area contributed by atoms with E-state index in [1.807, 2.05) is 18.2 Å². The molecule has 0 radical (unpaired) electrons. The number of nitrogens with zero attached hydrogens (tertiary/aromatic N) is 4. The van der Waals surface area contributed by atoms with Crippen LogP contribution in [0.15, 0.2) is 42.5 Å². The molecule has 1 aromatic heterocycles. The van der Waals surface area contributed by atoms with Crippen LogP contribution in [-0.4, -0.2) is 65.3 Å². The Morgan fingerprint density at radius 1 is 1.04 bits per heavy atom. The van der Waals surface area contributed by atoms with Crippen molar-refractivity contribution in [2.75, 3.05) is 44.2 Å². The van der Waals surface area contributed by atoms with Crippen LogP contribution in [-0.2, 0) is 13.1 Å². The first-order chi connectivity index (χ1) is 13.2. The van der Waals surface area contributed by atoms with Gasteiger partial charge in [0, 0.05) is 38.3 Å². The number of benzene rings is 1. The van der Waals surface area contributed by atoms with Crippen LogP contribution in [0.5, 0.6) is 5.88 Å². The summed E-state index contributed by atoms with van der Waals surface area (Å²) in [5.74, 6) is 1.46. The number of ether oxygens (including phenoxy) is 1. The van der Waals surface area contributed by atoms with Gasteiger partial charge in [-0.3, -0.25) is 4.90 Å². The van der Waals surface area contributed by atoms with Gasteiger partial charge in [0.2, 0.25) is 5.88 Å². The van der Waals surface area contributed by atoms with Crippen LogP contribution in [0, 0.1) is 0 Å². The summed E-state index contributed by atoms with van der Waals surface area (Å²) in [5, 5.41) is 9.21. The normalized spacial score (nSPS) is 17.8. The Kier molecular flexibility index (Phi) is 5.11. The number of piperazine rings is 1. The fourth-order valence-electron chi connectivity index (χ4n) is 3.56. The first kappa shape index (κ1) is 17.6. The number of hydrogen-bond donors (Lipinski definition) is 1. The average Bonchev–Trinajstić information content (AvgIpc) is 2.91. The molecule has 0 bridgehead atoms. The minimum absolute atomic E-state index is 0.322. The van der Waals surface area contributed by atoms with Crippen LogP contribution in [0.25, 0.3) is 0 Å². The van der Waals surface area contributed by atoms with Crippen molar-refractivity contribution >= 4 is 11.9 Å². The number of aromatic nitrogens is 1. The van der Waals surface area contributed by atoms with Gasteiger partial charge < -0.3 is 19.6 Å². The van der Waals surface area contributed by atoms with E-state index in [9.17, 15) is 9.90 Å². The van der Waals surface area contributed by atoms with Crippen molar-refractivity contribution in [3.63, 3.8) is 0 Å². The van der Waals surface area contributed by atoms with Crippen molar-refractivity contribution in [3.8, 4) is 5.88 Å². The number of amides is 1. The molecule has 0 saturated carbocycles. The Balaban J connectivity index is 1.39. The summed E-state index contributed by atoms with van der Waals surface area (Å²) in [6.07, 6.45) is -0.926. The van der Waals surface area contributed by atoms with E-state index in [1.54, 1.807) is 0 Å². The van der Waals surface area contributed by atoms with Crippen LogP contribution in [0.2, 0.25) is 0 Å². The second-order valence-corrected chi connectivity index (χ2v) is 6.94. The highest BCUT2D eigenvalue weighted by Gasteiger charge is 2.23. The summed E-state index contributed by atoms with van der Waals surface area (Å²) < 4.78 is 5.71. The molecule has 0 spiro atoms. The molecule has 2 aliphatic rings. The third-order valence-corrected chi connectivity index (χ3v) is 5.10. The van der Waals surface area contributed by atoms with Gasteiger partial charge in [-0.25, -0.2) is 4.79 Å². The number of hydrogen-bond acceptors (Lipinski definition) is 5. The van der Waals surface area contributed by atoms with Gasteiger partial charge >= 0.3 is 6.09 Å². The Bertz CT molecular complexity index is 791. The maximum atomic E-state index is 11.2. The summed E-state index contributed by atoms with van der Waals surface area (Å²) in [6.45, 7) is 5.80. The predicted octanol–water partition coefficient (Wildman–Crippen LogP) is 2.28. The van der Waals surface area contributed by atoms with Crippen molar-refractivity contribution in [1.82, 2.24) is 14.8 Å². The molecule has 1 amide bonds. The van der Waals surface area contributed by atoms with Gasteiger partial charge in [-0.15, -0.1) is 0 Å². The molecule has 1 fully saturated rings. The first-order valence-corrected chi connectivity index (χ1v) is 9.31. The zero-order chi connectivity index (χ0) is 18.6. The molecule has 1 saturated heterocycles. The van der Waals surface area contributed by atoms with Crippen LogP contribution >= 0.6 is 0 Å². The quantitative estimate of drug-likeness (QED) is 0.896. The maximum Gasteiger partial charge on any atom is 0.407 e. The van der Waals surface area contributed by atoms with Gasteiger partial charge in [0.25, 0.3) is 0 Å². The molecular formula is C20H24N4O3. The van der Waals surface area contributed by atoms with Crippen molar-refractivity contribution < 1.29 is 14.6 Å². The highest BCUT2D eigenvalue weighted by atomic mass is 16.5. The number of carboxylic acid groups (broad SMARTS) is 1. The van der Waals surface area contributed by atoms with E-state index < -0.39 is 6.09 Å². The Hall–Kier alpha value is -2.80. The van der Waals surface area contributed by atoms with E-state index in [0.29, 0.717) is 25.6 Å². The smallest absolute Gasteiger partial charge is 0.407 e. The number of anilines is 1. The maximum absolute atomic E-state index is 11.2. The lowest BCUT2D eigenvalue weighted by atomic mass is 10.2. The highest BCUT2D eigenvalue weighted by molar-refractivity contribution is 5.65. The lowest BCUT2D eigenvalue weighted by molar-refractivity contribution is 0.137. The number of pyridine rings is 1. The molecule has 1 N–H and O–H groups in total. The van der Waals surface area contributed by atoms with Gasteiger partial charge in [0.1, 0.15) is 12.4 Å². The van der Waals surface area contributed by atoms with Gasteiger partial charge in [-0.2, -0.15) is 4.98 Å². The summed E-state index contributed by atoms with van der Waals surface area (Å²) in [4.78, 5) is 22.0. The van der Waals surface area contributed by atoms with Crippen molar-refractivity contribution in [2.45, 2.75) is 13.1 Å². The average molecular weight is 368 g/mol. The number of fused-ring (bicyclic) bond motifs is 1. The van der Waals surface area contributed by atoms with E-state index in [-0.39, 0.29) is 0 Å². The zero-order valence-electron chi connectivity index (χ0n) is 15.3. The topological polar surface area (TPSA) is 69.1 Å². The molecule has 0 atom stereocenters. The molecule has 4 rings (SSSR count). The molecule has 27 heavy (non-hydrogen) atoms. The third-order valence-electron chi connectivity index (χ3n) is 5.10. The molecule has 0 unspecified atom stereocenters. The molecule has 7 heteroatoms. The Morgan fingerprint density at radius 2 is 1.81 bits per heavy atom. The monoisotopic (exact) mass is 368 g/mol. The fraction of sp³-hybridized carbons (Fsp3) is 0.400. The van der Waals surface area contributed by atoms with Crippen molar-refractivity contribution in [2.24, 2.45) is 0 Å². The SMILES string of the molecule is O=C(O)N1CCOc2nc(N3CCN(Cc4ccccc4)CC3)ccc2C1. The van der Waals surface area contributed by atoms with Crippen LogP contribution < -0.4 is 9.64 Å². The number of rotatable bonds is 3. The molecule has 0 aliphatic carbocycles. The predicted molar refractivity (Wildman–Crippen MR) is 102 cm³/mol. The van der Waals surface area contributed by atoms with Crippen molar-refractivity contribution in [3.05, 3.63) is 53.6 Å². The lowest BCUT2D eigenvalue weighted by Gasteiger charge is -2.35. The molecule has 1 aromatic carbocycles. The summed E-state index contributed by atoms with van der Waals surface area (Å²) in [5.41, 5.74) is 2.16. The molecule has 2 aromatic rings. The minimum atomic E-state index is -0.926. The van der Waals surface area contributed by atoms with Gasteiger partial charge in [0.15, 0.2) is 0 Å². The highest BCUT2D eigenvalue weighted by Crippen LogP contribution is 2.25. The molecule has 2 aliphatic heterocycles. The van der Waals surface area contributed by atoms with E-state index in [2.05, 4.69) is 39.0 Å². The molecular weight excluding hydrogens is 344 g/mol. The van der Waals surface area contributed by atoms with E-state index in [0.717, 1.165) is 44.1 Å². The second kappa shape index (κ2) is 7.84. The van der Waals surface area contributed by atoms with E-state index in [4.69, 9.17) is 4.74 Å². The zero-order valence-corrected chi connectivity index (χ0v) is 15.3. The lowest BCUT2D eigenvalue weighted by Crippen LogP contribution is -2.46. The summed E-state index contributed by atoms with van der Waals surface area (Å²) in [7, 11) is 0. The Morgan fingerprint density at radius 3 is 2.56 bits per heavy atom. The van der Waals surface area contributed by atoms with Crippen LogP contribution in [0.3, 0.4) is 0 Å². The van der Waals surface area contributed by atoms with Gasteiger partial charge in [-0.1, -0.05) is 30.3 Å². The summed E-state index contributed by atoms with van der Waals surface area (Å²) in [6, 6.07) is 14.4. The standard InChI is InChI=1S/C20H24N4O3/c25-20(26)24-12-13-27-19-17(15-24)6-7-18(21-19)23-10-8-22(9-11-23)14-16-4-2-1-3-5-16/h1-7H,8-15H2,(H,25,26). The van der Waals surface area contributed by atoms with Crippen molar-refractivity contribution in [1.29, 1.82) is 0 Å². The molecule has 3 heterocycles. The minimum Gasteiger partial charge on any atom is -0.475 e. The van der Waals surface area contributed by atoms with Gasteiger partial charge in [0.05, 0.1) is 13.1 Å². The van der Waals surface area contributed by atoms with Gasteiger partial charge in [-0.05, 0) is 17.7 Å². The first-order valence-electron chi connectivity index (χ1n) is 9.31. The third kappa shape index (κ3) is 4.14.